The molecule has 4 heteroatoms. The van der Waals surface area contributed by atoms with E-state index in [0.717, 1.165) is 25.3 Å². The van der Waals surface area contributed by atoms with Gasteiger partial charge in [-0.3, -0.25) is 4.79 Å². The summed E-state index contributed by atoms with van der Waals surface area (Å²) in [5.74, 6) is 0.953. The van der Waals surface area contributed by atoms with E-state index in [2.05, 4.69) is 17.1 Å². The van der Waals surface area contributed by atoms with E-state index in [9.17, 15) is 4.79 Å². The van der Waals surface area contributed by atoms with Crippen molar-refractivity contribution in [3.05, 3.63) is 0 Å². The Labute approximate surface area is 105 Å². The molecular formula is C13H27N3O. The lowest BCUT2D eigenvalue weighted by atomic mass is 9.93. The zero-order valence-corrected chi connectivity index (χ0v) is 11.1. The lowest BCUT2D eigenvalue weighted by molar-refractivity contribution is -0.121. The second-order valence-electron chi connectivity index (χ2n) is 4.91. The molecule has 17 heavy (non-hydrogen) atoms. The van der Waals surface area contributed by atoms with Crippen LogP contribution in [0.2, 0.25) is 0 Å². The van der Waals surface area contributed by atoms with E-state index in [1.165, 1.54) is 32.5 Å². The van der Waals surface area contributed by atoms with Crippen LogP contribution < -0.4 is 11.1 Å². The van der Waals surface area contributed by atoms with Crippen LogP contribution in [0.3, 0.4) is 0 Å². The van der Waals surface area contributed by atoms with E-state index in [4.69, 9.17) is 5.73 Å². The first kappa shape index (κ1) is 14.5. The number of likely N-dealkylation sites (tertiary alicyclic amines) is 1. The first-order chi connectivity index (χ1) is 8.26. The van der Waals surface area contributed by atoms with Gasteiger partial charge in [-0.25, -0.2) is 0 Å². The summed E-state index contributed by atoms with van der Waals surface area (Å²) in [5, 5.41) is 2.98. The molecule has 3 N–H and O–H groups in total. The summed E-state index contributed by atoms with van der Waals surface area (Å²) >= 11 is 0. The van der Waals surface area contributed by atoms with Crippen molar-refractivity contribution in [3.63, 3.8) is 0 Å². The van der Waals surface area contributed by atoms with E-state index in [-0.39, 0.29) is 5.91 Å². The molecule has 1 heterocycles. The summed E-state index contributed by atoms with van der Waals surface area (Å²) in [7, 11) is 0. The van der Waals surface area contributed by atoms with Crippen molar-refractivity contribution >= 4 is 5.91 Å². The van der Waals surface area contributed by atoms with Gasteiger partial charge in [0.2, 0.25) is 5.91 Å². The first-order valence-electron chi connectivity index (χ1n) is 6.95. The summed E-state index contributed by atoms with van der Waals surface area (Å²) < 4.78 is 0. The molecule has 0 aromatic carbocycles. The molecule has 0 aromatic rings. The number of amides is 1. The monoisotopic (exact) mass is 241 g/mol. The zero-order valence-electron chi connectivity index (χ0n) is 11.1. The topological polar surface area (TPSA) is 58.4 Å². The van der Waals surface area contributed by atoms with Crippen molar-refractivity contribution in [1.29, 1.82) is 0 Å². The number of carbonyl (C=O) groups excluding carboxylic acids is 1. The van der Waals surface area contributed by atoms with Crippen molar-refractivity contribution in [2.24, 2.45) is 11.7 Å². The Morgan fingerprint density at radius 2 is 2.12 bits per heavy atom. The lowest BCUT2D eigenvalue weighted by Crippen LogP contribution is -2.35. The Balaban J connectivity index is 2.01. The molecule has 4 nitrogen and oxygen atoms in total. The van der Waals surface area contributed by atoms with Gasteiger partial charge in [-0.2, -0.15) is 0 Å². The fraction of sp³-hybridized carbons (Fsp3) is 0.923. The third-order valence-electron chi connectivity index (χ3n) is 3.64. The molecule has 0 aromatic heterocycles. The standard InChI is InChI=1S/C13H27N3O/c1-2-16-10-6-12(7-11-16)5-9-15-13(17)4-3-8-14/h12H,2-11,14H2,1H3,(H,15,17). The zero-order chi connectivity index (χ0) is 12.5. The number of hydrogen-bond acceptors (Lipinski definition) is 3. The van der Waals surface area contributed by atoms with Gasteiger partial charge in [0.1, 0.15) is 0 Å². The minimum atomic E-state index is 0.154. The third kappa shape index (κ3) is 6.03. The van der Waals surface area contributed by atoms with Crippen molar-refractivity contribution < 1.29 is 4.79 Å². The Morgan fingerprint density at radius 1 is 1.41 bits per heavy atom. The lowest BCUT2D eigenvalue weighted by Gasteiger charge is -2.31. The number of rotatable bonds is 7. The Hall–Kier alpha value is -0.610. The molecule has 1 aliphatic heterocycles. The highest BCUT2D eigenvalue weighted by atomic mass is 16.1. The highest BCUT2D eigenvalue weighted by Crippen LogP contribution is 2.19. The Morgan fingerprint density at radius 3 is 2.71 bits per heavy atom. The van der Waals surface area contributed by atoms with E-state index in [1.807, 2.05) is 0 Å². The van der Waals surface area contributed by atoms with Crippen molar-refractivity contribution in [2.45, 2.75) is 39.0 Å². The van der Waals surface area contributed by atoms with Crippen molar-refractivity contribution in [1.82, 2.24) is 10.2 Å². The number of nitrogens with zero attached hydrogens (tertiary/aromatic N) is 1. The largest absolute Gasteiger partial charge is 0.356 e. The second kappa shape index (κ2) is 8.48. The summed E-state index contributed by atoms with van der Waals surface area (Å²) in [5.41, 5.74) is 5.36. The molecule has 1 amide bonds. The fourth-order valence-corrected chi connectivity index (χ4v) is 2.36. The van der Waals surface area contributed by atoms with Gasteiger partial charge in [-0.15, -0.1) is 0 Å². The minimum Gasteiger partial charge on any atom is -0.356 e. The third-order valence-corrected chi connectivity index (χ3v) is 3.64. The van der Waals surface area contributed by atoms with Gasteiger partial charge in [0.25, 0.3) is 0 Å². The van der Waals surface area contributed by atoms with Gasteiger partial charge in [0, 0.05) is 13.0 Å². The Kier molecular flexibility index (Phi) is 7.21. The predicted octanol–water partition coefficient (Wildman–Crippen LogP) is 0.964. The SMILES string of the molecule is CCN1CCC(CCNC(=O)CCCN)CC1. The van der Waals surface area contributed by atoms with E-state index in [0.29, 0.717) is 13.0 Å². The maximum Gasteiger partial charge on any atom is 0.220 e. The number of piperidine rings is 1. The quantitative estimate of drug-likeness (QED) is 0.698. The molecule has 0 spiro atoms. The van der Waals surface area contributed by atoms with Crippen LogP contribution in [0.1, 0.15) is 39.0 Å². The van der Waals surface area contributed by atoms with Crippen molar-refractivity contribution in [2.75, 3.05) is 32.7 Å². The Bertz CT molecular complexity index is 213. The van der Waals surface area contributed by atoms with Crippen LogP contribution >= 0.6 is 0 Å². The van der Waals surface area contributed by atoms with Crippen LogP contribution in [0.4, 0.5) is 0 Å². The van der Waals surface area contributed by atoms with Gasteiger partial charge in [-0.1, -0.05) is 6.92 Å². The van der Waals surface area contributed by atoms with Crippen LogP contribution in [-0.4, -0.2) is 43.5 Å². The second-order valence-corrected chi connectivity index (χ2v) is 4.91. The number of nitrogens with two attached hydrogens (primary N) is 1. The number of nitrogens with one attached hydrogen (secondary N) is 1. The number of hydrogen-bond donors (Lipinski definition) is 2. The summed E-state index contributed by atoms with van der Waals surface area (Å²) in [6.45, 7) is 7.27. The van der Waals surface area contributed by atoms with Gasteiger partial charge in [0.05, 0.1) is 0 Å². The van der Waals surface area contributed by atoms with Gasteiger partial charge in [-0.05, 0) is 57.8 Å². The summed E-state index contributed by atoms with van der Waals surface area (Å²) in [4.78, 5) is 13.9. The van der Waals surface area contributed by atoms with Crippen LogP contribution in [0.5, 0.6) is 0 Å². The van der Waals surface area contributed by atoms with Gasteiger partial charge in [0.15, 0.2) is 0 Å². The molecule has 1 rings (SSSR count). The maximum absolute atomic E-state index is 11.4. The van der Waals surface area contributed by atoms with E-state index < -0.39 is 0 Å². The molecule has 1 saturated heterocycles. The summed E-state index contributed by atoms with van der Waals surface area (Å²) in [6, 6.07) is 0. The van der Waals surface area contributed by atoms with E-state index in [1.54, 1.807) is 0 Å². The molecule has 1 aliphatic rings. The average molecular weight is 241 g/mol. The fourth-order valence-electron chi connectivity index (χ4n) is 2.36. The molecule has 0 unspecified atom stereocenters. The van der Waals surface area contributed by atoms with E-state index >= 15 is 0 Å². The highest BCUT2D eigenvalue weighted by molar-refractivity contribution is 5.75. The smallest absolute Gasteiger partial charge is 0.220 e. The molecular weight excluding hydrogens is 214 g/mol. The van der Waals surface area contributed by atoms with Gasteiger partial charge >= 0.3 is 0 Å². The molecule has 0 saturated carbocycles. The average Bonchev–Trinajstić information content (AvgIpc) is 2.37. The number of carbonyl (C=O) groups is 1. The van der Waals surface area contributed by atoms with Crippen LogP contribution in [-0.2, 0) is 4.79 Å². The molecule has 0 atom stereocenters. The molecule has 0 bridgehead atoms. The van der Waals surface area contributed by atoms with Crippen LogP contribution in [0.25, 0.3) is 0 Å². The minimum absolute atomic E-state index is 0.154. The summed E-state index contributed by atoms with van der Waals surface area (Å²) in [6.07, 6.45) is 5.07. The van der Waals surface area contributed by atoms with Crippen LogP contribution in [0, 0.1) is 5.92 Å². The normalized spacial score (nSPS) is 18.2. The van der Waals surface area contributed by atoms with Crippen molar-refractivity contribution in [3.8, 4) is 0 Å². The molecule has 0 aliphatic carbocycles. The molecule has 1 fully saturated rings. The molecule has 100 valence electrons. The van der Waals surface area contributed by atoms with Crippen LogP contribution in [0.15, 0.2) is 0 Å². The predicted molar refractivity (Wildman–Crippen MR) is 70.8 cm³/mol. The maximum atomic E-state index is 11.4. The molecule has 0 radical (unpaired) electrons. The van der Waals surface area contributed by atoms with Gasteiger partial charge < -0.3 is 16.0 Å². The first-order valence-corrected chi connectivity index (χ1v) is 6.95. The highest BCUT2D eigenvalue weighted by Gasteiger charge is 2.17.